The summed E-state index contributed by atoms with van der Waals surface area (Å²) < 4.78 is 32.3. The number of hydrogen-bond acceptors (Lipinski definition) is 6. The van der Waals surface area contributed by atoms with E-state index in [1.165, 1.54) is 6.07 Å². The number of hydrogen-bond donors (Lipinski definition) is 3. The zero-order valence-electron chi connectivity index (χ0n) is 11.7. The van der Waals surface area contributed by atoms with Crippen molar-refractivity contribution in [3.63, 3.8) is 0 Å². The molecule has 0 atom stereocenters. The highest BCUT2D eigenvalue weighted by Crippen LogP contribution is 2.20. The number of rotatable bonds is 7. The van der Waals surface area contributed by atoms with Gasteiger partial charge in [-0.2, -0.15) is 0 Å². The highest BCUT2D eigenvalue weighted by Gasteiger charge is 2.21. The average Bonchev–Trinajstić information content (AvgIpc) is 3.00. The lowest BCUT2D eigenvalue weighted by Crippen LogP contribution is -2.24. The molecule has 0 aliphatic heterocycles. The third-order valence-electron chi connectivity index (χ3n) is 2.79. The van der Waals surface area contributed by atoms with Crippen LogP contribution in [-0.2, 0) is 23.1 Å². The van der Waals surface area contributed by atoms with Crippen molar-refractivity contribution in [2.45, 2.75) is 31.8 Å². The highest BCUT2D eigenvalue weighted by atomic mass is 32.2. The van der Waals surface area contributed by atoms with Gasteiger partial charge in [0.2, 0.25) is 10.0 Å². The fourth-order valence-corrected chi connectivity index (χ4v) is 3.57. The summed E-state index contributed by atoms with van der Waals surface area (Å²) in [5.74, 6) is 0.910. The van der Waals surface area contributed by atoms with Gasteiger partial charge >= 0.3 is 4.87 Å². The lowest BCUT2D eigenvalue weighted by molar-refractivity contribution is 0.460. The summed E-state index contributed by atoms with van der Waals surface area (Å²) in [5.41, 5.74) is 0.530. The van der Waals surface area contributed by atoms with Crippen LogP contribution in [0.3, 0.4) is 0 Å². The minimum atomic E-state index is -3.67. The fourth-order valence-electron chi connectivity index (χ4n) is 1.78. The summed E-state index contributed by atoms with van der Waals surface area (Å²) in [6, 6.07) is 1.51. The van der Waals surface area contributed by atoms with Gasteiger partial charge in [-0.25, -0.2) is 13.1 Å². The molecule has 2 aromatic heterocycles. The number of sulfonamides is 1. The Bertz CT molecular complexity index is 758. The smallest absolute Gasteiger partial charge is 0.304 e. The lowest BCUT2D eigenvalue weighted by Gasteiger charge is -2.03. The Balaban J connectivity index is 2.11. The van der Waals surface area contributed by atoms with Crippen LogP contribution in [0.4, 0.5) is 0 Å². The maximum absolute atomic E-state index is 12.2. The molecule has 9 heteroatoms. The van der Waals surface area contributed by atoms with Crippen LogP contribution >= 0.6 is 11.3 Å². The Morgan fingerprint density at radius 1 is 1.38 bits per heavy atom. The Morgan fingerprint density at radius 2 is 2.14 bits per heavy atom. The molecule has 0 spiro atoms. The SMILES string of the molecule is CCNCc1cc(S(=O)(=O)NCc2csc(=O)[nH]2)c(C)o1. The van der Waals surface area contributed by atoms with Crippen LogP contribution < -0.4 is 14.9 Å². The quantitative estimate of drug-likeness (QED) is 0.700. The van der Waals surface area contributed by atoms with Gasteiger partial charge in [-0.15, -0.1) is 0 Å². The monoisotopic (exact) mass is 331 g/mol. The van der Waals surface area contributed by atoms with E-state index < -0.39 is 10.0 Å². The molecule has 0 saturated heterocycles. The van der Waals surface area contributed by atoms with Crippen molar-refractivity contribution in [3.8, 4) is 0 Å². The van der Waals surface area contributed by atoms with Crippen molar-refractivity contribution >= 4 is 21.4 Å². The molecule has 116 valence electrons. The first-order valence-corrected chi connectivity index (χ1v) is 8.75. The molecular weight excluding hydrogens is 314 g/mol. The molecule has 21 heavy (non-hydrogen) atoms. The second-order valence-corrected chi connectivity index (χ2v) is 6.99. The van der Waals surface area contributed by atoms with Crippen LogP contribution in [0.2, 0.25) is 0 Å². The minimum absolute atomic E-state index is 0.0359. The number of thiazole rings is 1. The van der Waals surface area contributed by atoms with E-state index in [0.717, 1.165) is 17.9 Å². The van der Waals surface area contributed by atoms with Gasteiger partial charge in [0.1, 0.15) is 16.4 Å². The normalized spacial score (nSPS) is 11.9. The zero-order chi connectivity index (χ0) is 15.5. The van der Waals surface area contributed by atoms with Gasteiger partial charge in [0.05, 0.1) is 13.1 Å². The fraction of sp³-hybridized carbons (Fsp3) is 0.417. The van der Waals surface area contributed by atoms with E-state index in [1.54, 1.807) is 12.3 Å². The number of aryl methyl sites for hydroxylation is 1. The summed E-state index contributed by atoms with van der Waals surface area (Å²) in [6.07, 6.45) is 0. The second kappa shape index (κ2) is 6.56. The number of nitrogens with one attached hydrogen (secondary N) is 3. The van der Waals surface area contributed by atoms with Crippen LogP contribution in [0, 0.1) is 6.92 Å². The number of H-pyrrole nitrogens is 1. The molecule has 3 N–H and O–H groups in total. The molecular formula is C12H17N3O4S2. The van der Waals surface area contributed by atoms with Gasteiger partial charge in [-0.1, -0.05) is 18.3 Å². The highest BCUT2D eigenvalue weighted by molar-refractivity contribution is 7.89. The van der Waals surface area contributed by atoms with Crippen molar-refractivity contribution in [1.29, 1.82) is 0 Å². The van der Waals surface area contributed by atoms with Crippen molar-refractivity contribution in [2.24, 2.45) is 0 Å². The molecule has 7 nitrogen and oxygen atoms in total. The maximum Gasteiger partial charge on any atom is 0.304 e. The summed E-state index contributed by atoms with van der Waals surface area (Å²) in [7, 11) is -3.67. The summed E-state index contributed by atoms with van der Waals surface area (Å²) in [5, 5.41) is 4.66. The first-order chi connectivity index (χ1) is 9.92. The average molecular weight is 331 g/mol. The Morgan fingerprint density at radius 3 is 2.76 bits per heavy atom. The molecule has 2 aromatic rings. The zero-order valence-corrected chi connectivity index (χ0v) is 13.4. The first kappa shape index (κ1) is 16.0. The molecule has 0 unspecified atom stereocenters. The number of aromatic amines is 1. The molecule has 0 bridgehead atoms. The Kier molecular flexibility index (Phi) is 4.99. The van der Waals surface area contributed by atoms with E-state index >= 15 is 0 Å². The van der Waals surface area contributed by atoms with Gasteiger partial charge in [0.15, 0.2) is 0 Å². The molecule has 0 amide bonds. The van der Waals surface area contributed by atoms with Crippen molar-refractivity contribution in [1.82, 2.24) is 15.0 Å². The summed E-state index contributed by atoms with van der Waals surface area (Å²) in [4.78, 5) is 13.5. The summed E-state index contributed by atoms with van der Waals surface area (Å²) >= 11 is 0.994. The lowest BCUT2D eigenvalue weighted by atomic mass is 10.4. The van der Waals surface area contributed by atoms with E-state index in [9.17, 15) is 13.2 Å². The van der Waals surface area contributed by atoms with E-state index in [1.807, 2.05) is 6.92 Å². The second-order valence-electron chi connectivity index (χ2n) is 4.41. The minimum Gasteiger partial charge on any atom is -0.464 e. The Labute approximate surface area is 126 Å². The van der Waals surface area contributed by atoms with Gasteiger partial charge in [-0.05, 0) is 13.5 Å². The number of furan rings is 1. The van der Waals surface area contributed by atoms with Gasteiger partial charge in [-0.3, -0.25) is 4.79 Å². The maximum atomic E-state index is 12.2. The number of aromatic nitrogens is 1. The van der Waals surface area contributed by atoms with Crippen LogP contribution in [0.1, 0.15) is 24.1 Å². The van der Waals surface area contributed by atoms with Crippen LogP contribution in [-0.4, -0.2) is 19.9 Å². The van der Waals surface area contributed by atoms with Gasteiger partial charge in [0.25, 0.3) is 0 Å². The molecule has 0 aliphatic carbocycles. The third kappa shape index (κ3) is 4.03. The van der Waals surface area contributed by atoms with E-state index in [2.05, 4.69) is 15.0 Å². The molecule has 0 aromatic carbocycles. The largest absolute Gasteiger partial charge is 0.464 e. The van der Waals surface area contributed by atoms with Crippen LogP contribution in [0.15, 0.2) is 25.6 Å². The molecule has 0 saturated carbocycles. The van der Waals surface area contributed by atoms with Crippen molar-refractivity contribution in [3.05, 3.63) is 38.3 Å². The third-order valence-corrected chi connectivity index (χ3v) is 5.01. The van der Waals surface area contributed by atoms with Crippen LogP contribution in [0.5, 0.6) is 0 Å². The van der Waals surface area contributed by atoms with Gasteiger partial charge in [0, 0.05) is 17.1 Å². The topological polar surface area (TPSA) is 104 Å². The van der Waals surface area contributed by atoms with Crippen LogP contribution in [0.25, 0.3) is 0 Å². The predicted octanol–water partition coefficient (Wildman–Crippen LogP) is 0.926. The molecule has 0 fully saturated rings. The van der Waals surface area contributed by atoms with Crippen molar-refractivity contribution < 1.29 is 12.8 Å². The van der Waals surface area contributed by atoms with E-state index in [0.29, 0.717) is 23.8 Å². The molecule has 2 heterocycles. The first-order valence-electron chi connectivity index (χ1n) is 6.38. The van der Waals surface area contributed by atoms with E-state index in [-0.39, 0.29) is 16.3 Å². The molecule has 0 aliphatic rings. The molecule has 2 rings (SSSR count). The predicted molar refractivity (Wildman–Crippen MR) is 79.8 cm³/mol. The molecule has 0 radical (unpaired) electrons. The standard InChI is InChI=1S/C12H17N3O4S2/c1-3-13-6-10-4-11(8(2)19-10)21(17,18)14-5-9-7-20-12(16)15-9/h4,7,13-14H,3,5-6H2,1-2H3,(H,15,16). The van der Waals surface area contributed by atoms with E-state index in [4.69, 9.17) is 4.42 Å². The van der Waals surface area contributed by atoms with Crippen molar-refractivity contribution in [2.75, 3.05) is 6.54 Å². The summed E-state index contributed by atoms with van der Waals surface area (Å²) in [6.45, 7) is 4.84. The van der Waals surface area contributed by atoms with Gasteiger partial charge < -0.3 is 14.7 Å². The Hall–Kier alpha value is -1.42.